The predicted octanol–water partition coefficient (Wildman–Crippen LogP) is 1.88. The number of hydrogen-bond donors (Lipinski definition) is 3. The number of rotatable bonds is 8. The van der Waals surface area contributed by atoms with Gasteiger partial charge in [-0.3, -0.25) is 4.79 Å². The van der Waals surface area contributed by atoms with E-state index in [2.05, 4.69) is 11.9 Å². The molecule has 0 saturated heterocycles. The first-order valence-corrected chi connectivity index (χ1v) is 6.79. The van der Waals surface area contributed by atoms with Crippen molar-refractivity contribution in [2.24, 2.45) is 5.73 Å². The lowest BCUT2D eigenvalue weighted by Gasteiger charge is -2.22. The van der Waals surface area contributed by atoms with Crippen LogP contribution >= 0.6 is 12.4 Å². The van der Waals surface area contributed by atoms with Gasteiger partial charge in [0.05, 0.1) is 18.5 Å². The van der Waals surface area contributed by atoms with Crippen LogP contribution in [0.4, 0.5) is 5.82 Å². The maximum absolute atomic E-state index is 11.1. The molecule has 0 aromatic carbocycles. The van der Waals surface area contributed by atoms with Crippen LogP contribution in [-0.4, -0.2) is 26.7 Å². The summed E-state index contributed by atoms with van der Waals surface area (Å²) in [7, 11) is 0. The number of imidazole rings is 1. The van der Waals surface area contributed by atoms with Crippen LogP contribution in [0.15, 0.2) is 6.33 Å². The van der Waals surface area contributed by atoms with E-state index in [-0.39, 0.29) is 30.0 Å². The van der Waals surface area contributed by atoms with Gasteiger partial charge >= 0.3 is 0 Å². The van der Waals surface area contributed by atoms with Crippen LogP contribution in [0.2, 0.25) is 0 Å². The Kier molecular flexibility index (Phi) is 8.25. The summed E-state index contributed by atoms with van der Waals surface area (Å²) in [4.78, 5) is 15.0. The fourth-order valence-electron chi connectivity index (χ4n) is 2.22. The van der Waals surface area contributed by atoms with Gasteiger partial charge in [0.15, 0.2) is 5.69 Å². The second-order valence-electron chi connectivity index (χ2n) is 4.91. The normalized spacial score (nSPS) is 13.6. The van der Waals surface area contributed by atoms with Crippen molar-refractivity contribution in [2.45, 2.75) is 58.1 Å². The fraction of sp³-hybridized carbons (Fsp3) is 0.692. The highest BCUT2D eigenvalue weighted by Crippen LogP contribution is 2.24. The van der Waals surface area contributed by atoms with Gasteiger partial charge in [-0.2, -0.15) is 0 Å². The molecule has 0 aliphatic rings. The maximum Gasteiger partial charge on any atom is 0.271 e. The highest BCUT2D eigenvalue weighted by Gasteiger charge is 2.22. The Morgan fingerprint density at radius 2 is 2.10 bits per heavy atom. The van der Waals surface area contributed by atoms with Crippen LogP contribution in [0, 0.1) is 0 Å². The predicted molar refractivity (Wildman–Crippen MR) is 81.9 cm³/mol. The van der Waals surface area contributed by atoms with E-state index in [0.717, 1.165) is 19.3 Å². The van der Waals surface area contributed by atoms with Crippen molar-refractivity contribution < 1.29 is 9.90 Å². The molecule has 1 aromatic heterocycles. The number of amides is 1. The maximum atomic E-state index is 11.1. The van der Waals surface area contributed by atoms with Crippen molar-refractivity contribution in [3.63, 3.8) is 0 Å². The lowest BCUT2D eigenvalue weighted by Crippen LogP contribution is -2.23. The van der Waals surface area contributed by atoms with E-state index in [1.807, 2.05) is 0 Å². The number of hydrogen-bond acceptors (Lipinski definition) is 4. The van der Waals surface area contributed by atoms with Crippen molar-refractivity contribution in [1.82, 2.24) is 9.55 Å². The van der Waals surface area contributed by atoms with Crippen LogP contribution in [0.3, 0.4) is 0 Å². The summed E-state index contributed by atoms with van der Waals surface area (Å²) < 4.78 is 1.65. The Balaban J connectivity index is 0.00000361. The molecule has 0 aliphatic heterocycles. The number of aliphatic hydroxyl groups excluding tert-OH is 1. The van der Waals surface area contributed by atoms with Gasteiger partial charge < -0.3 is 21.1 Å². The highest BCUT2D eigenvalue weighted by atomic mass is 35.5. The van der Waals surface area contributed by atoms with Crippen molar-refractivity contribution in [3.8, 4) is 0 Å². The Labute approximate surface area is 126 Å². The number of halogens is 1. The quantitative estimate of drug-likeness (QED) is 0.637. The third-order valence-electron chi connectivity index (χ3n) is 3.33. The average Bonchev–Trinajstić information content (AvgIpc) is 2.71. The first-order valence-electron chi connectivity index (χ1n) is 6.79. The molecule has 0 spiro atoms. The molecule has 2 atom stereocenters. The van der Waals surface area contributed by atoms with E-state index in [0.29, 0.717) is 0 Å². The molecular weight excluding hydrogens is 280 g/mol. The summed E-state index contributed by atoms with van der Waals surface area (Å²) in [6.45, 7) is 3.87. The van der Waals surface area contributed by atoms with Gasteiger partial charge in [0.1, 0.15) is 5.82 Å². The van der Waals surface area contributed by atoms with E-state index >= 15 is 0 Å². The minimum atomic E-state index is -0.647. The smallest absolute Gasteiger partial charge is 0.271 e. The third kappa shape index (κ3) is 4.68. The molecule has 6 nitrogen and oxygen atoms in total. The summed E-state index contributed by atoms with van der Waals surface area (Å²) in [6.07, 6.45) is 6.20. The third-order valence-corrected chi connectivity index (χ3v) is 3.33. The van der Waals surface area contributed by atoms with Crippen molar-refractivity contribution in [2.75, 3.05) is 5.73 Å². The monoisotopic (exact) mass is 304 g/mol. The van der Waals surface area contributed by atoms with Crippen molar-refractivity contribution in [3.05, 3.63) is 12.0 Å². The van der Waals surface area contributed by atoms with Crippen LogP contribution in [0.1, 0.15) is 62.5 Å². The fourth-order valence-corrected chi connectivity index (χ4v) is 2.22. The van der Waals surface area contributed by atoms with Gasteiger partial charge in [0, 0.05) is 0 Å². The number of carbonyl (C=O) groups excluding carboxylic acids is 1. The number of aromatic nitrogens is 2. The van der Waals surface area contributed by atoms with E-state index in [9.17, 15) is 9.90 Å². The molecule has 0 bridgehead atoms. The highest BCUT2D eigenvalue weighted by molar-refractivity contribution is 5.95. The molecule has 1 amide bonds. The molecule has 116 valence electrons. The average molecular weight is 305 g/mol. The molecule has 0 saturated carbocycles. The molecule has 0 radical (unpaired) electrons. The Bertz CT molecular complexity index is 421. The molecule has 5 N–H and O–H groups in total. The number of nitrogens with zero attached hydrogens (tertiary/aromatic N) is 2. The zero-order chi connectivity index (χ0) is 14.4. The largest absolute Gasteiger partial charge is 0.391 e. The Morgan fingerprint density at radius 3 is 2.55 bits per heavy atom. The van der Waals surface area contributed by atoms with Crippen LogP contribution in [-0.2, 0) is 0 Å². The van der Waals surface area contributed by atoms with Crippen LogP contribution in [0.25, 0.3) is 0 Å². The standard InChI is InChI=1S/C13H24N4O2.ClH/c1-3-4-5-6-7-10(9(2)18)17-8-16-11(12(17)14)13(15)19;/h8-10,18H,3-7,14H2,1-2H3,(H2,15,19);1H. The zero-order valence-corrected chi connectivity index (χ0v) is 12.9. The minimum Gasteiger partial charge on any atom is -0.391 e. The van der Waals surface area contributed by atoms with Crippen molar-refractivity contribution >= 4 is 24.1 Å². The molecule has 2 unspecified atom stereocenters. The number of unbranched alkanes of at least 4 members (excludes halogenated alkanes) is 3. The number of aliphatic hydroxyl groups is 1. The molecule has 20 heavy (non-hydrogen) atoms. The van der Waals surface area contributed by atoms with E-state index < -0.39 is 12.0 Å². The number of nitrogen functional groups attached to an aromatic ring is 1. The van der Waals surface area contributed by atoms with Crippen molar-refractivity contribution in [1.29, 1.82) is 0 Å². The summed E-state index contributed by atoms with van der Waals surface area (Å²) in [5.41, 5.74) is 11.1. The summed E-state index contributed by atoms with van der Waals surface area (Å²) in [5.74, 6) is -0.416. The van der Waals surface area contributed by atoms with Gasteiger partial charge in [-0.1, -0.05) is 32.6 Å². The molecule has 7 heteroatoms. The topological polar surface area (TPSA) is 107 Å². The molecule has 0 fully saturated rings. The summed E-state index contributed by atoms with van der Waals surface area (Å²) >= 11 is 0. The molecule has 1 rings (SSSR count). The first-order chi connectivity index (χ1) is 8.99. The lowest BCUT2D eigenvalue weighted by atomic mass is 10.0. The second kappa shape index (κ2) is 8.81. The van der Waals surface area contributed by atoms with E-state index in [1.54, 1.807) is 11.5 Å². The van der Waals surface area contributed by atoms with Gasteiger partial charge in [-0.15, -0.1) is 12.4 Å². The molecular formula is C13H25ClN4O2. The zero-order valence-electron chi connectivity index (χ0n) is 12.1. The lowest BCUT2D eigenvalue weighted by molar-refractivity contribution is 0.0995. The number of anilines is 1. The molecule has 0 aliphatic carbocycles. The van der Waals surface area contributed by atoms with Gasteiger partial charge in [-0.05, 0) is 13.3 Å². The number of nitrogens with two attached hydrogens (primary N) is 2. The van der Waals surface area contributed by atoms with E-state index in [4.69, 9.17) is 11.5 Å². The summed E-state index contributed by atoms with van der Waals surface area (Å²) in [5, 5.41) is 9.87. The Morgan fingerprint density at radius 1 is 1.45 bits per heavy atom. The Hall–Kier alpha value is -1.27. The number of primary amides is 1. The number of carbonyl (C=O) groups is 1. The van der Waals surface area contributed by atoms with Crippen LogP contribution < -0.4 is 11.5 Å². The molecule has 1 aromatic rings. The SMILES string of the molecule is CCCCCCC(C(C)O)n1cnc(C(N)=O)c1N.Cl. The van der Waals surface area contributed by atoms with Crippen LogP contribution in [0.5, 0.6) is 0 Å². The van der Waals surface area contributed by atoms with E-state index in [1.165, 1.54) is 19.2 Å². The van der Waals surface area contributed by atoms with Gasteiger partial charge in [0.25, 0.3) is 5.91 Å². The minimum absolute atomic E-state index is 0. The summed E-state index contributed by atoms with van der Waals surface area (Å²) in [6, 6.07) is -0.169. The second-order valence-corrected chi connectivity index (χ2v) is 4.91. The molecule has 1 heterocycles. The van der Waals surface area contributed by atoms with Gasteiger partial charge in [0.2, 0.25) is 0 Å². The first kappa shape index (κ1) is 18.7. The van der Waals surface area contributed by atoms with Gasteiger partial charge in [-0.25, -0.2) is 4.98 Å².